The summed E-state index contributed by atoms with van der Waals surface area (Å²) < 4.78 is 47.8. The van der Waals surface area contributed by atoms with Crippen LogP contribution in [0.1, 0.15) is 10.4 Å². The monoisotopic (exact) mass is 250 g/mol. The minimum Gasteiger partial charge on any atom is -0.319 e. The van der Waals surface area contributed by atoms with Crippen LogP contribution >= 0.6 is 7.14 Å². The van der Waals surface area contributed by atoms with E-state index in [0.29, 0.717) is 5.30 Å². The third-order valence-corrected chi connectivity index (χ3v) is 3.55. The maximum atomic E-state index is 12.1. The molecule has 1 rings (SSSR count). The Bertz CT molecular complexity index is 442. The van der Waals surface area contributed by atoms with E-state index in [0.717, 1.165) is 12.1 Å². The zero-order chi connectivity index (χ0) is 12.6. The summed E-state index contributed by atoms with van der Waals surface area (Å²) in [4.78, 5) is 10.8. The molecule has 6 heteroatoms. The Morgan fingerprint density at radius 1 is 1.12 bits per heavy atom. The van der Waals surface area contributed by atoms with Crippen molar-refractivity contribution in [3.63, 3.8) is 0 Å². The Balaban J connectivity index is 3.06. The molecule has 0 amide bonds. The summed E-state index contributed by atoms with van der Waals surface area (Å²) in [6.07, 6.45) is -4.87. The molecule has 0 aliphatic heterocycles. The van der Waals surface area contributed by atoms with Crippen LogP contribution in [-0.4, -0.2) is 25.3 Å². The van der Waals surface area contributed by atoms with E-state index in [1.54, 1.807) is 0 Å². The van der Waals surface area contributed by atoms with Gasteiger partial charge in [0.15, 0.2) is 0 Å². The van der Waals surface area contributed by atoms with Gasteiger partial charge >= 0.3 is 6.18 Å². The number of hydrogen-bond donors (Lipinski definition) is 0. The molecule has 0 fully saturated rings. The summed E-state index contributed by atoms with van der Waals surface area (Å²) in [6, 6.07) is 4.68. The van der Waals surface area contributed by atoms with Crippen LogP contribution in [0.25, 0.3) is 0 Å². The van der Waals surface area contributed by atoms with E-state index in [1.807, 2.05) is 0 Å². The number of Topliss-reactive ketones (excluding diaryl/α,β-unsaturated/α-hetero) is 1. The topological polar surface area (TPSA) is 34.1 Å². The summed E-state index contributed by atoms with van der Waals surface area (Å²) in [7, 11) is -2.50. The molecule has 2 nitrogen and oxygen atoms in total. The molecule has 16 heavy (non-hydrogen) atoms. The lowest BCUT2D eigenvalue weighted by Gasteiger charge is -2.08. The first kappa shape index (κ1) is 13.0. The predicted octanol–water partition coefficient (Wildman–Crippen LogP) is 2.68. The van der Waals surface area contributed by atoms with E-state index in [2.05, 4.69) is 0 Å². The normalized spacial score (nSPS) is 12.6. The van der Waals surface area contributed by atoms with E-state index in [4.69, 9.17) is 0 Å². The number of benzene rings is 1. The van der Waals surface area contributed by atoms with Gasteiger partial charge in [-0.05, 0) is 13.3 Å². The molecule has 0 atom stereocenters. The average Bonchev–Trinajstić information content (AvgIpc) is 2.14. The molecule has 0 unspecified atom stereocenters. The second-order valence-electron chi connectivity index (χ2n) is 3.72. The first-order chi connectivity index (χ1) is 7.12. The fourth-order valence-electron chi connectivity index (χ4n) is 1.14. The van der Waals surface area contributed by atoms with Crippen LogP contribution in [-0.2, 0) is 4.57 Å². The van der Waals surface area contributed by atoms with E-state index in [9.17, 15) is 22.5 Å². The van der Waals surface area contributed by atoms with E-state index in [-0.39, 0.29) is 0 Å². The van der Waals surface area contributed by atoms with Crippen molar-refractivity contribution in [2.75, 3.05) is 13.3 Å². The standard InChI is InChI=1S/C10H10F3O2P/c1-16(2,15)8-5-3-7(4-6-8)9(14)10(11,12)13/h3-6H,1-2H3. The SMILES string of the molecule is CP(C)(=O)c1ccc(C(=O)C(F)(F)F)cc1. The van der Waals surface area contributed by atoms with Crippen LogP contribution in [0.15, 0.2) is 24.3 Å². The Morgan fingerprint density at radius 3 is 1.88 bits per heavy atom. The third-order valence-electron chi connectivity index (χ3n) is 2.01. The molecule has 1 aromatic carbocycles. The minimum absolute atomic E-state index is 0.440. The van der Waals surface area contributed by atoms with Crippen molar-refractivity contribution in [2.24, 2.45) is 0 Å². The Hall–Kier alpha value is -1.09. The highest BCUT2D eigenvalue weighted by molar-refractivity contribution is 7.70. The van der Waals surface area contributed by atoms with Crippen LogP contribution in [0, 0.1) is 0 Å². The van der Waals surface area contributed by atoms with Gasteiger partial charge in [0.25, 0.3) is 5.78 Å². The largest absolute Gasteiger partial charge is 0.454 e. The first-order valence-electron chi connectivity index (χ1n) is 4.39. The first-order valence-corrected chi connectivity index (χ1v) is 6.99. The quantitative estimate of drug-likeness (QED) is 0.597. The molecule has 0 bridgehead atoms. The number of carbonyl (C=O) groups is 1. The van der Waals surface area contributed by atoms with Crippen LogP contribution in [0.2, 0.25) is 0 Å². The second-order valence-corrected chi connectivity index (χ2v) is 6.94. The molecule has 1 aromatic rings. The zero-order valence-corrected chi connectivity index (χ0v) is 9.60. The lowest BCUT2D eigenvalue weighted by Crippen LogP contribution is -2.23. The molecule has 0 N–H and O–H groups in total. The van der Waals surface area contributed by atoms with Gasteiger partial charge in [-0.3, -0.25) is 4.79 Å². The molecule has 0 spiro atoms. The van der Waals surface area contributed by atoms with Crippen molar-refractivity contribution < 1.29 is 22.5 Å². The Morgan fingerprint density at radius 2 is 1.56 bits per heavy atom. The second kappa shape index (κ2) is 4.06. The zero-order valence-electron chi connectivity index (χ0n) is 8.71. The number of carbonyl (C=O) groups excluding carboxylic acids is 1. The molecule has 0 heterocycles. The molecule has 0 aromatic heterocycles. The minimum atomic E-state index is -4.87. The Labute approximate surface area is 90.8 Å². The molecule has 0 aliphatic carbocycles. The van der Waals surface area contributed by atoms with E-state index < -0.39 is 24.7 Å². The van der Waals surface area contributed by atoms with Gasteiger partial charge in [-0.2, -0.15) is 13.2 Å². The maximum Gasteiger partial charge on any atom is 0.454 e. The van der Waals surface area contributed by atoms with Gasteiger partial charge in [0.2, 0.25) is 0 Å². The van der Waals surface area contributed by atoms with Crippen molar-refractivity contribution in [3.05, 3.63) is 29.8 Å². The van der Waals surface area contributed by atoms with Crippen LogP contribution in [0.3, 0.4) is 0 Å². The fraction of sp³-hybridized carbons (Fsp3) is 0.300. The van der Waals surface area contributed by atoms with Gasteiger partial charge in [-0.1, -0.05) is 24.3 Å². The predicted molar refractivity (Wildman–Crippen MR) is 55.9 cm³/mol. The van der Waals surface area contributed by atoms with Gasteiger partial charge in [-0.25, -0.2) is 0 Å². The van der Waals surface area contributed by atoms with Crippen molar-refractivity contribution in [1.29, 1.82) is 0 Å². The lowest BCUT2D eigenvalue weighted by atomic mass is 10.1. The maximum absolute atomic E-state index is 12.1. The highest BCUT2D eigenvalue weighted by Gasteiger charge is 2.39. The molecule has 0 saturated heterocycles. The number of rotatable bonds is 2. The highest BCUT2D eigenvalue weighted by Crippen LogP contribution is 2.34. The summed E-state index contributed by atoms with van der Waals surface area (Å²) in [5, 5.41) is 0.450. The van der Waals surface area contributed by atoms with Gasteiger partial charge < -0.3 is 4.57 Å². The van der Waals surface area contributed by atoms with Crippen molar-refractivity contribution in [1.82, 2.24) is 0 Å². The Kier molecular flexibility index (Phi) is 3.29. The van der Waals surface area contributed by atoms with Gasteiger partial charge in [0.1, 0.15) is 7.14 Å². The lowest BCUT2D eigenvalue weighted by molar-refractivity contribution is -0.0885. The van der Waals surface area contributed by atoms with E-state index >= 15 is 0 Å². The summed E-state index contributed by atoms with van der Waals surface area (Å²) in [5.41, 5.74) is -0.440. The molecular formula is C10H10F3O2P. The van der Waals surface area contributed by atoms with E-state index in [1.165, 1.54) is 25.5 Å². The van der Waals surface area contributed by atoms with Gasteiger partial charge in [0.05, 0.1) is 0 Å². The summed E-state index contributed by atoms with van der Waals surface area (Å²) in [5.74, 6) is -1.89. The number of halogens is 3. The average molecular weight is 250 g/mol. The molecular weight excluding hydrogens is 240 g/mol. The number of hydrogen-bond acceptors (Lipinski definition) is 2. The van der Waals surface area contributed by atoms with Gasteiger partial charge in [-0.15, -0.1) is 0 Å². The van der Waals surface area contributed by atoms with Crippen molar-refractivity contribution in [2.45, 2.75) is 6.18 Å². The third kappa shape index (κ3) is 2.95. The number of alkyl halides is 3. The fourth-order valence-corrected chi connectivity index (χ4v) is 2.00. The smallest absolute Gasteiger partial charge is 0.319 e. The molecule has 0 radical (unpaired) electrons. The van der Waals surface area contributed by atoms with Crippen LogP contribution in [0.5, 0.6) is 0 Å². The summed E-state index contributed by atoms with van der Waals surface area (Å²) >= 11 is 0. The molecule has 0 saturated carbocycles. The number of ketones is 1. The van der Waals surface area contributed by atoms with Crippen LogP contribution in [0.4, 0.5) is 13.2 Å². The van der Waals surface area contributed by atoms with Crippen molar-refractivity contribution >= 4 is 18.2 Å². The molecule has 0 aliphatic rings. The van der Waals surface area contributed by atoms with Crippen molar-refractivity contribution in [3.8, 4) is 0 Å². The highest BCUT2D eigenvalue weighted by atomic mass is 31.2. The van der Waals surface area contributed by atoms with Crippen LogP contribution < -0.4 is 5.30 Å². The van der Waals surface area contributed by atoms with Gasteiger partial charge in [0, 0.05) is 10.9 Å². The molecule has 88 valence electrons. The summed E-state index contributed by atoms with van der Waals surface area (Å²) in [6.45, 7) is 3.02.